The van der Waals surface area contributed by atoms with Crippen LogP contribution in [0.4, 0.5) is 13.2 Å². The van der Waals surface area contributed by atoms with Crippen molar-refractivity contribution in [1.82, 2.24) is 0 Å². The van der Waals surface area contributed by atoms with Crippen molar-refractivity contribution in [2.24, 2.45) is 17.8 Å². The van der Waals surface area contributed by atoms with Gasteiger partial charge >= 0.3 is 6.18 Å². The van der Waals surface area contributed by atoms with Gasteiger partial charge < -0.3 is 9.53 Å². The highest BCUT2D eigenvalue weighted by Gasteiger charge is 2.53. The summed E-state index contributed by atoms with van der Waals surface area (Å²) in [7, 11) is -1.41. The molecule has 4 fully saturated rings. The second-order valence-corrected chi connectivity index (χ2v) is 16.4. The van der Waals surface area contributed by atoms with Gasteiger partial charge in [0.2, 0.25) is 9.04 Å². The molecule has 6 heteroatoms. The Bertz CT molecular complexity index is 1220. The predicted molar refractivity (Wildman–Crippen MR) is 159 cm³/mol. The van der Waals surface area contributed by atoms with Crippen LogP contribution in [0.1, 0.15) is 93.5 Å². The van der Waals surface area contributed by atoms with E-state index in [0.717, 1.165) is 41.2 Å². The van der Waals surface area contributed by atoms with Crippen molar-refractivity contribution < 1.29 is 22.7 Å². The van der Waals surface area contributed by atoms with Gasteiger partial charge in [0.05, 0.1) is 12.2 Å². The fraction of sp³-hybridized carbons (Fsp3) is 0.588. The lowest BCUT2D eigenvalue weighted by Crippen LogP contribution is -2.49. The number of alkyl halides is 3. The third-order valence-electron chi connectivity index (χ3n) is 9.49. The summed E-state index contributed by atoms with van der Waals surface area (Å²) >= 11 is 0. The highest BCUT2D eigenvalue weighted by molar-refractivity contribution is 6.49. The number of halogens is 3. The third kappa shape index (κ3) is 5.94. The van der Waals surface area contributed by atoms with Gasteiger partial charge in [0, 0.05) is 5.56 Å². The molecule has 2 aromatic carbocycles. The fourth-order valence-corrected chi connectivity index (χ4v) is 9.13. The Balaban J connectivity index is 1.49. The average Bonchev–Trinajstić information content (AvgIpc) is 2.85. The van der Waals surface area contributed by atoms with Crippen molar-refractivity contribution in [3.63, 3.8) is 0 Å². The van der Waals surface area contributed by atoms with E-state index < -0.39 is 20.8 Å². The molecule has 0 saturated heterocycles. The number of aryl methyl sites for hydroxylation is 1. The molecular formula is C34H45F3O2Si. The molecule has 2 nitrogen and oxygen atoms in total. The summed E-state index contributed by atoms with van der Waals surface area (Å²) < 4.78 is 46.6. The summed E-state index contributed by atoms with van der Waals surface area (Å²) in [6, 6.07) is 9.90. The third-order valence-corrected chi connectivity index (χ3v) is 10.2. The summed E-state index contributed by atoms with van der Waals surface area (Å²) in [6.07, 6.45) is 6.95. The second kappa shape index (κ2) is 11.0. The first-order valence-corrected chi connectivity index (χ1v) is 17.9. The molecule has 2 aromatic rings. The molecule has 0 spiro atoms. The molecule has 1 N–H and O–H groups in total. The van der Waals surface area contributed by atoms with Gasteiger partial charge in [0.1, 0.15) is 5.75 Å². The van der Waals surface area contributed by atoms with E-state index in [1.807, 2.05) is 6.08 Å². The number of hydrogen-bond acceptors (Lipinski definition) is 2. The van der Waals surface area contributed by atoms with Crippen LogP contribution < -0.4 is 4.43 Å². The van der Waals surface area contributed by atoms with Gasteiger partial charge in [-0.15, -0.1) is 0 Å². The standard InChI is InChI=1S/C34H45F3O2Si/c1-32(2,3)30-29(33-18-22-14-23(19-33)16-24(15-22)20-33)13-12-25(31(30)39-40(4)5)8-6-10-27(21-38)26-9-7-11-28(17-26)34(35,36)37/h7,9-13,17,22-24,38,40H,6,8,14-16,18-21H2,1-5H3/b27-10+. The van der Waals surface area contributed by atoms with E-state index in [-0.39, 0.29) is 17.4 Å². The maximum atomic E-state index is 13.3. The number of benzene rings is 2. The molecule has 0 heterocycles. The first kappa shape index (κ1) is 29.4. The van der Waals surface area contributed by atoms with E-state index in [1.165, 1.54) is 55.7 Å². The first-order chi connectivity index (χ1) is 18.8. The minimum absolute atomic E-state index is 0.0720. The highest BCUT2D eigenvalue weighted by Crippen LogP contribution is 2.62. The Morgan fingerprint density at radius 2 is 1.62 bits per heavy atom. The van der Waals surface area contributed by atoms with Crippen molar-refractivity contribution in [3.05, 3.63) is 70.3 Å². The van der Waals surface area contributed by atoms with E-state index in [0.29, 0.717) is 24.0 Å². The second-order valence-electron chi connectivity index (χ2n) is 14.1. The molecule has 4 saturated carbocycles. The molecule has 0 aromatic heterocycles. The largest absolute Gasteiger partial charge is 0.547 e. The van der Waals surface area contributed by atoms with Crippen molar-refractivity contribution >= 4 is 14.6 Å². The minimum atomic E-state index is -4.41. The Morgan fingerprint density at radius 1 is 1.00 bits per heavy atom. The van der Waals surface area contributed by atoms with Gasteiger partial charge in [-0.25, -0.2) is 0 Å². The van der Waals surface area contributed by atoms with E-state index in [9.17, 15) is 18.3 Å². The van der Waals surface area contributed by atoms with Crippen LogP contribution in [0.3, 0.4) is 0 Å². The van der Waals surface area contributed by atoms with Gasteiger partial charge in [-0.3, -0.25) is 0 Å². The molecule has 0 unspecified atom stereocenters. The summed E-state index contributed by atoms with van der Waals surface area (Å²) in [4.78, 5) is 0. The van der Waals surface area contributed by atoms with Gasteiger partial charge in [0.25, 0.3) is 0 Å². The van der Waals surface area contributed by atoms with E-state index >= 15 is 0 Å². The number of hydrogen-bond donors (Lipinski definition) is 1. The topological polar surface area (TPSA) is 29.5 Å². The van der Waals surface area contributed by atoms with Crippen LogP contribution in [-0.4, -0.2) is 20.8 Å². The minimum Gasteiger partial charge on any atom is -0.547 e. The monoisotopic (exact) mass is 570 g/mol. The SMILES string of the molecule is C[SiH](C)Oc1c(CC/C=C(\CO)c2cccc(C(F)(F)F)c2)ccc(C23CC4CC(CC(C4)C2)C3)c1C(C)(C)C. The summed E-state index contributed by atoms with van der Waals surface area (Å²) in [6.45, 7) is 11.0. The normalized spacial score (nSPS) is 26.6. The van der Waals surface area contributed by atoms with Gasteiger partial charge in [-0.05, 0) is 127 Å². The number of rotatable bonds is 8. The smallest absolute Gasteiger partial charge is 0.416 e. The first-order valence-electron chi connectivity index (χ1n) is 15.1. The van der Waals surface area contributed by atoms with E-state index in [4.69, 9.17) is 4.43 Å². The highest BCUT2D eigenvalue weighted by atomic mass is 28.3. The maximum absolute atomic E-state index is 13.3. The number of aliphatic hydroxyl groups excluding tert-OH is 1. The van der Waals surface area contributed by atoms with Gasteiger partial charge in [0.15, 0.2) is 0 Å². The maximum Gasteiger partial charge on any atom is 0.416 e. The summed E-state index contributed by atoms with van der Waals surface area (Å²) in [5, 5.41) is 10.0. The lowest BCUT2D eigenvalue weighted by Gasteiger charge is -2.58. The zero-order chi connectivity index (χ0) is 28.9. The van der Waals surface area contributed by atoms with Gasteiger partial charge in [-0.1, -0.05) is 51.1 Å². The molecule has 0 radical (unpaired) electrons. The zero-order valence-electron chi connectivity index (χ0n) is 24.7. The van der Waals surface area contributed by atoms with Gasteiger partial charge in [-0.2, -0.15) is 13.2 Å². The van der Waals surface area contributed by atoms with E-state index in [1.54, 1.807) is 6.07 Å². The predicted octanol–water partition coefficient (Wildman–Crippen LogP) is 8.84. The molecule has 218 valence electrons. The van der Waals surface area contributed by atoms with Crippen molar-refractivity contribution in [2.45, 2.75) is 102 Å². The molecular weight excluding hydrogens is 525 g/mol. The van der Waals surface area contributed by atoms with Crippen LogP contribution in [0.25, 0.3) is 5.57 Å². The Morgan fingerprint density at radius 3 is 2.15 bits per heavy atom. The molecule has 6 rings (SSSR count). The molecule has 0 amide bonds. The summed E-state index contributed by atoms with van der Waals surface area (Å²) in [5.74, 6) is 3.64. The number of allylic oxidation sites excluding steroid dienone is 1. The number of aliphatic hydroxyl groups is 1. The quantitative estimate of drug-likeness (QED) is 0.321. The molecule has 0 atom stereocenters. The van der Waals surface area contributed by atoms with Crippen LogP contribution in [0.5, 0.6) is 5.75 Å². The van der Waals surface area contributed by atoms with Crippen LogP contribution in [0.2, 0.25) is 13.1 Å². The molecule has 4 bridgehead atoms. The van der Waals surface area contributed by atoms with Crippen LogP contribution in [0, 0.1) is 17.8 Å². The Hall–Kier alpha value is -2.05. The molecule has 4 aliphatic rings. The van der Waals surface area contributed by atoms with Crippen molar-refractivity contribution in [1.29, 1.82) is 0 Å². The van der Waals surface area contributed by atoms with Crippen LogP contribution >= 0.6 is 0 Å². The summed E-state index contributed by atoms with van der Waals surface area (Å²) in [5.41, 5.74) is 4.48. The lowest BCUT2D eigenvalue weighted by atomic mass is 9.47. The van der Waals surface area contributed by atoms with E-state index in [2.05, 4.69) is 46.0 Å². The Kier molecular flexibility index (Phi) is 8.08. The molecule has 40 heavy (non-hydrogen) atoms. The average molecular weight is 571 g/mol. The van der Waals surface area contributed by atoms with Crippen LogP contribution in [-0.2, 0) is 23.4 Å². The lowest BCUT2D eigenvalue weighted by molar-refractivity contribution is -0.137. The zero-order valence-corrected chi connectivity index (χ0v) is 25.9. The van der Waals surface area contributed by atoms with Crippen molar-refractivity contribution in [3.8, 4) is 5.75 Å². The molecule has 0 aliphatic heterocycles. The van der Waals surface area contributed by atoms with Crippen molar-refractivity contribution in [2.75, 3.05) is 6.61 Å². The Labute approximate surface area is 239 Å². The van der Waals surface area contributed by atoms with Crippen LogP contribution in [0.15, 0.2) is 42.5 Å². The fourth-order valence-electron chi connectivity index (χ4n) is 8.39. The molecule has 4 aliphatic carbocycles.